The summed E-state index contributed by atoms with van der Waals surface area (Å²) >= 11 is 1.61. The van der Waals surface area contributed by atoms with Crippen molar-refractivity contribution in [2.24, 2.45) is 0 Å². The summed E-state index contributed by atoms with van der Waals surface area (Å²) in [6.07, 6.45) is 3.48. The van der Waals surface area contributed by atoms with E-state index in [1.54, 1.807) is 29.5 Å². The maximum atomic E-state index is 12.9. The normalized spacial score (nSPS) is 14.7. The number of hydrogen-bond acceptors (Lipinski definition) is 6. The van der Waals surface area contributed by atoms with Crippen LogP contribution in [-0.4, -0.2) is 50.8 Å². The van der Waals surface area contributed by atoms with Crippen molar-refractivity contribution in [3.63, 3.8) is 0 Å². The number of nitrogens with one attached hydrogen (secondary N) is 3. The number of urea groups is 1. The van der Waals surface area contributed by atoms with Crippen molar-refractivity contribution < 1.29 is 18.0 Å². The van der Waals surface area contributed by atoms with Gasteiger partial charge in [0, 0.05) is 30.2 Å². The molecule has 3 N–H and O–H groups in total. The third-order valence-corrected chi connectivity index (χ3v) is 7.92. The molecule has 0 spiro atoms. The highest BCUT2D eigenvalue weighted by molar-refractivity contribution is 7.89. The number of carbonyl (C=O) groups excluding carboxylic acids is 2. The Morgan fingerprint density at radius 1 is 1.13 bits per heavy atom. The molecule has 1 fully saturated rings. The Morgan fingerprint density at radius 3 is 2.61 bits per heavy atom. The molecule has 1 saturated heterocycles. The van der Waals surface area contributed by atoms with E-state index in [9.17, 15) is 18.0 Å². The summed E-state index contributed by atoms with van der Waals surface area (Å²) in [5, 5.41) is 9.83. The Labute approximate surface area is 187 Å². The Hall–Kier alpha value is -2.43. The largest absolute Gasteiger partial charge is 0.376 e. The Balaban J connectivity index is 1.51. The first-order valence-corrected chi connectivity index (χ1v) is 12.6. The summed E-state index contributed by atoms with van der Waals surface area (Å²) in [6, 6.07) is 8.24. The van der Waals surface area contributed by atoms with Crippen molar-refractivity contribution in [2.45, 2.75) is 37.5 Å². The molecule has 0 saturated carbocycles. The quantitative estimate of drug-likeness (QED) is 0.557. The highest BCUT2D eigenvalue weighted by atomic mass is 32.2. The molecule has 168 valence electrons. The standard InChI is InChI=1S/C21H28N4O4S2/c1-16-7-8-18(31(28,29)25-11-3-2-4-12-25)14-19(16)23-15-20(26)24-21(27)22-10-9-17-6-5-13-30-17/h5-8,13-14,23H,2-4,9-12,15H2,1H3,(H2,22,24,26,27). The lowest BCUT2D eigenvalue weighted by Gasteiger charge is -2.26. The predicted molar refractivity (Wildman–Crippen MR) is 122 cm³/mol. The van der Waals surface area contributed by atoms with Crippen LogP contribution >= 0.6 is 11.3 Å². The first kappa shape index (κ1) is 23.2. The first-order chi connectivity index (χ1) is 14.9. The van der Waals surface area contributed by atoms with E-state index in [0.29, 0.717) is 31.7 Å². The van der Waals surface area contributed by atoms with Gasteiger partial charge >= 0.3 is 6.03 Å². The van der Waals surface area contributed by atoms with Gasteiger partial charge in [-0.05, 0) is 55.3 Å². The van der Waals surface area contributed by atoms with Crippen LogP contribution in [0.5, 0.6) is 0 Å². The molecule has 1 aromatic heterocycles. The number of anilines is 1. The van der Waals surface area contributed by atoms with Gasteiger partial charge in [-0.3, -0.25) is 10.1 Å². The lowest BCUT2D eigenvalue weighted by Crippen LogP contribution is -2.42. The zero-order chi connectivity index (χ0) is 22.3. The van der Waals surface area contributed by atoms with Gasteiger partial charge in [-0.25, -0.2) is 13.2 Å². The highest BCUT2D eigenvalue weighted by Gasteiger charge is 2.26. The SMILES string of the molecule is Cc1ccc(S(=O)(=O)N2CCCCC2)cc1NCC(=O)NC(=O)NCCc1cccs1. The van der Waals surface area contributed by atoms with Crippen LogP contribution in [0.25, 0.3) is 0 Å². The van der Waals surface area contributed by atoms with Crippen LogP contribution in [0.15, 0.2) is 40.6 Å². The van der Waals surface area contributed by atoms with E-state index in [2.05, 4.69) is 16.0 Å². The molecule has 1 aliphatic heterocycles. The van der Waals surface area contributed by atoms with Crippen LogP contribution in [0.1, 0.15) is 29.7 Å². The van der Waals surface area contributed by atoms with Crippen LogP contribution in [0.2, 0.25) is 0 Å². The molecule has 0 atom stereocenters. The van der Waals surface area contributed by atoms with Crippen molar-refractivity contribution in [1.29, 1.82) is 0 Å². The Kier molecular flexibility index (Phi) is 8.05. The van der Waals surface area contributed by atoms with Gasteiger partial charge < -0.3 is 10.6 Å². The van der Waals surface area contributed by atoms with Crippen molar-refractivity contribution in [2.75, 3.05) is 31.5 Å². The van der Waals surface area contributed by atoms with Gasteiger partial charge in [0.25, 0.3) is 0 Å². The summed E-state index contributed by atoms with van der Waals surface area (Å²) in [6.45, 7) is 3.18. The second-order valence-electron chi connectivity index (χ2n) is 7.43. The van der Waals surface area contributed by atoms with E-state index in [1.807, 2.05) is 24.4 Å². The molecule has 8 nitrogen and oxygen atoms in total. The minimum absolute atomic E-state index is 0.146. The first-order valence-electron chi connectivity index (χ1n) is 10.3. The fourth-order valence-corrected chi connectivity index (χ4v) is 5.60. The second kappa shape index (κ2) is 10.7. The zero-order valence-electron chi connectivity index (χ0n) is 17.5. The van der Waals surface area contributed by atoms with Gasteiger partial charge in [0.2, 0.25) is 15.9 Å². The minimum atomic E-state index is -3.56. The molecule has 1 aliphatic rings. The molecular weight excluding hydrogens is 436 g/mol. The number of piperidine rings is 1. The monoisotopic (exact) mass is 464 g/mol. The zero-order valence-corrected chi connectivity index (χ0v) is 19.2. The molecule has 0 bridgehead atoms. The fraction of sp³-hybridized carbons (Fsp3) is 0.429. The average molecular weight is 465 g/mol. The van der Waals surface area contributed by atoms with E-state index in [4.69, 9.17) is 0 Å². The number of sulfonamides is 1. The number of imide groups is 1. The van der Waals surface area contributed by atoms with E-state index < -0.39 is 22.0 Å². The number of carbonyl (C=O) groups is 2. The molecular formula is C21H28N4O4S2. The molecule has 0 aliphatic carbocycles. The van der Waals surface area contributed by atoms with Crippen molar-refractivity contribution in [3.8, 4) is 0 Å². The number of thiophene rings is 1. The fourth-order valence-electron chi connectivity index (χ4n) is 3.35. The van der Waals surface area contributed by atoms with Crippen molar-refractivity contribution in [1.82, 2.24) is 14.9 Å². The average Bonchev–Trinajstić information content (AvgIpc) is 3.27. The van der Waals surface area contributed by atoms with Crippen LogP contribution in [0.3, 0.4) is 0 Å². The molecule has 0 radical (unpaired) electrons. The number of aryl methyl sites for hydroxylation is 1. The van der Waals surface area contributed by atoms with Gasteiger partial charge in [0.1, 0.15) is 0 Å². The molecule has 2 aromatic rings. The van der Waals surface area contributed by atoms with Gasteiger partial charge in [-0.15, -0.1) is 11.3 Å². The summed E-state index contributed by atoms with van der Waals surface area (Å²) < 4.78 is 27.3. The smallest absolute Gasteiger partial charge is 0.321 e. The number of amides is 3. The summed E-state index contributed by atoms with van der Waals surface area (Å²) in [7, 11) is -3.56. The summed E-state index contributed by atoms with van der Waals surface area (Å²) in [5.41, 5.74) is 1.36. The topological polar surface area (TPSA) is 108 Å². The lowest BCUT2D eigenvalue weighted by atomic mass is 10.2. The van der Waals surface area contributed by atoms with E-state index in [1.165, 1.54) is 4.31 Å². The third kappa shape index (κ3) is 6.52. The molecule has 2 heterocycles. The minimum Gasteiger partial charge on any atom is -0.376 e. The molecule has 0 unspecified atom stereocenters. The van der Waals surface area contributed by atoms with E-state index in [0.717, 1.165) is 29.7 Å². The third-order valence-electron chi connectivity index (χ3n) is 5.09. The van der Waals surface area contributed by atoms with Gasteiger partial charge in [-0.2, -0.15) is 4.31 Å². The predicted octanol–water partition coefficient (Wildman–Crippen LogP) is 2.71. The lowest BCUT2D eigenvalue weighted by molar-refractivity contribution is -0.118. The van der Waals surface area contributed by atoms with Crippen LogP contribution in [0, 0.1) is 6.92 Å². The number of rotatable bonds is 8. The van der Waals surface area contributed by atoms with E-state index in [-0.39, 0.29) is 11.4 Å². The van der Waals surface area contributed by atoms with Gasteiger partial charge in [-0.1, -0.05) is 18.6 Å². The van der Waals surface area contributed by atoms with Gasteiger partial charge in [0.15, 0.2) is 0 Å². The number of hydrogen-bond donors (Lipinski definition) is 3. The van der Waals surface area contributed by atoms with Crippen molar-refractivity contribution >= 4 is 39.0 Å². The Morgan fingerprint density at radius 2 is 1.90 bits per heavy atom. The molecule has 3 rings (SSSR count). The Bertz CT molecular complexity index is 1000. The molecule has 31 heavy (non-hydrogen) atoms. The van der Waals surface area contributed by atoms with Crippen LogP contribution < -0.4 is 16.0 Å². The van der Waals surface area contributed by atoms with Crippen LogP contribution in [0.4, 0.5) is 10.5 Å². The van der Waals surface area contributed by atoms with Crippen molar-refractivity contribution in [3.05, 3.63) is 46.2 Å². The number of nitrogens with zero attached hydrogens (tertiary/aromatic N) is 1. The maximum Gasteiger partial charge on any atom is 0.321 e. The second-order valence-corrected chi connectivity index (χ2v) is 10.4. The molecule has 10 heteroatoms. The summed E-state index contributed by atoms with van der Waals surface area (Å²) in [5.74, 6) is -0.502. The summed E-state index contributed by atoms with van der Waals surface area (Å²) in [4.78, 5) is 25.3. The molecule has 3 amide bonds. The molecule has 1 aromatic carbocycles. The maximum absolute atomic E-state index is 12.9. The number of benzene rings is 1. The van der Waals surface area contributed by atoms with Crippen LogP contribution in [-0.2, 0) is 21.2 Å². The highest BCUT2D eigenvalue weighted by Crippen LogP contribution is 2.25. The van der Waals surface area contributed by atoms with E-state index >= 15 is 0 Å². The van der Waals surface area contributed by atoms with Gasteiger partial charge in [0.05, 0.1) is 11.4 Å².